The average Bonchev–Trinajstić information content (AvgIpc) is 2.93. The van der Waals surface area contributed by atoms with E-state index in [1.54, 1.807) is 17.6 Å². The number of aromatic nitrogens is 2. The van der Waals surface area contributed by atoms with Crippen molar-refractivity contribution >= 4 is 29.0 Å². The van der Waals surface area contributed by atoms with Gasteiger partial charge in [0.25, 0.3) is 0 Å². The van der Waals surface area contributed by atoms with Crippen LogP contribution in [0, 0.1) is 5.82 Å². The first-order chi connectivity index (χ1) is 9.65. The molecule has 1 aromatic heterocycles. The molecule has 0 spiro atoms. The fraction of sp³-hybridized carbons (Fsp3) is 0.308. The summed E-state index contributed by atoms with van der Waals surface area (Å²) in [4.78, 5) is 11.9. The van der Waals surface area contributed by atoms with E-state index in [9.17, 15) is 9.18 Å². The van der Waals surface area contributed by atoms with E-state index in [0.29, 0.717) is 13.0 Å². The summed E-state index contributed by atoms with van der Waals surface area (Å²) in [5.41, 5.74) is 2.64. The normalized spacial score (nSPS) is 12.1. The molecule has 0 aliphatic heterocycles. The Kier molecular flexibility index (Phi) is 5.49. The number of halogens is 1. The Morgan fingerprint density at radius 3 is 2.85 bits per heavy atom. The second-order valence-corrected chi connectivity index (χ2v) is 6.55. The van der Waals surface area contributed by atoms with Crippen LogP contribution in [0.25, 0.3) is 0 Å². The molecule has 1 heterocycles. The van der Waals surface area contributed by atoms with Crippen LogP contribution in [0.5, 0.6) is 0 Å². The molecule has 0 radical (unpaired) electrons. The van der Waals surface area contributed by atoms with Crippen molar-refractivity contribution in [3.8, 4) is 0 Å². The van der Waals surface area contributed by atoms with Gasteiger partial charge in [-0.25, -0.2) is 4.39 Å². The third-order valence-corrected chi connectivity index (χ3v) is 4.52. The number of rotatable bonds is 6. The van der Waals surface area contributed by atoms with Crippen LogP contribution in [-0.2, 0) is 11.2 Å². The van der Waals surface area contributed by atoms with Crippen LogP contribution in [0.1, 0.15) is 12.5 Å². The standard InChI is InChI=1S/C13H14FN3OS2/c1-9(20-13-17-16-8-19-13)12(18)15-7-6-10-2-4-11(14)5-3-10/h2-5,8-9H,6-7H2,1H3,(H,15,18). The highest BCUT2D eigenvalue weighted by Gasteiger charge is 2.15. The Balaban J connectivity index is 1.73. The second-order valence-electron chi connectivity index (χ2n) is 4.13. The molecule has 1 amide bonds. The molecule has 0 aliphatic carbocycles. The molecular formula is C13H14FN3OS2. The van der Waals surface area contributed by atoms with Gasteiger partial charge in [-0.15, -0.1) is 10.2 Å². The van der Waals surface area contributed by atoms with Gasteiger partial charge in [0.05, 0.1) is 5.25 Å². The summed E-state index contributed by atoms with van der Waals surface area (Å²) in [6.07, 6.45) is 0.683. The molecule has 1 atom stereocenters. The van der Waals surface area contributed by atoms with Crippen molar-refractivity contribution in [1.29, 1.82) is 0 Å². The third kappa shape index (κ3) is 4.57. The number of hydrogen-bond donors (Lipinski definition) is 1. The Labute approximate surface area is 124 Å². The molecule has 1 N–H and O–H groups in total. The van der Waals surface area contributed by atoms with Crippen LogP contribution >= 0.6 is 23.1 Å². The number of carbonyl (C=O) groups excluding carboxylic acids is 1. The van der Waals surface area contributed by atoms with Crippen molar-refractivity contribution in [2.75, 3.05) is 6.54 Å². The Hall–Kier alpha value is -1.47. The van der Waals surface area contributed by atoms with Crippen molar-refractivity contribution in [1.82, 2.24) is 15.5 Å². The van der Waals surface area contributed by atoms with Crippen LogP contribution in [-0.4, -0.2) is 27.9 Å². The zero-order valence-electron chi connectivity index (χ0n) is 10.9. The highest BCUT2D eigenvalue weighted by molar-refractivity contribution is 8.02. The maximum Gasteiger partial charge on any atom is 0.233 e. The van der Waals surface area contributed by atoms with Crippen molar-refractivity contribution in [3.05, 3.63) is 41.2 Å². The van der Waals surface area contributed by atoms with Gasteiger partial charge in [0, 0.05) is 6.54 Å². The summed E-state index contributed by atoms with van der Waals surface area (Å²) in [5.74, 6) is -0.285. The molecule has 0 bridgehead atoms. The highest BCUT2D eigenvalue weighted by atomic mass is 32.2. The molecule has 1 aromatic carbocycles. The first-order valence-corrected chi connectivity index (χ1v) is 7.86. The predicted octanol–water partition coefficient (Wildman–Crippen LogP) is 2.52. The van der Waals surface area contributed by atoms with Crippen molar-refractivity contribution in [2.24, 2.45) is 0 Å². The molecule has 7 heteroatoms. The molecule has 106 valence electrons. The molecule has 0 fully saturated rings. The van der Waals surface area contributed by atoms with Crippen LogP contribution in [0.15, 0.2) is 34.1 Å². The van der Waals surface area contributed by atoms with Gasteiger partial charge in [0.2, 0.25) is 5.91 Å². The number of nitrogens with one attached hydrogen (secondary N) is 1. The third-order valence-electron chi connectivity index (χ3n) is 2.61. The van der Waals surface area contributed by atoms with Crippen LogP contribution in [0.4, 0.5) is 4.39 Å². The molecule has 4 nitrogen and oxygen atoms in total. The van der Waals surface area contributed by atoms with E-state index in [2.05, 4.69) is 15.5 Å². The largest absolute Gasteiger partial charge is 0.355 e. The topological polar surface area (TPSA) is 54.9 Å². The molecular weight excluding hydrogens is 297 g/mol. The maximum atomic E-state index is 12.7. The van der Waals surface area contributed by atoms with E-state index in [1.807, 2.05) is 6.92 Å². The zero-order chi connectivity index (χ0) is 14.4. The summed E-state index contributed by atoms with van der Waals surface area (Å²) in [7, 11) is 0. The molecule has 2 rings (SSSR count). The molecule has 2 aromatic rings. The summed E-state index contributed by atoms with van der Waals surface area (Å²) in [5, 5.41) is 10.3. The number of nitrogens with zero attached hydrogens (tertiary/aromatic N) is 2. The number of amides is 1. The zero-order valence-corrected chi connectivity index (χ0v) is 12.5. The highest BCUT2D eigenvalue weighted by Crippen LogP contribution is 2.23. The lowest BCUT2D eigenvalue weighted by Crippen LogP contribution is -2.32. The lowest BCUT2D eigenvalue weighted by atomic mass is 10.1. The van der Waals surface area contributed by atoms with E-state index in [4.69, 9.17) is 0 Å². The van der Waals surface area contributed by atoms with Gasteiger partial charge in [-0.3, -0.25) is 4.79 Å². The summed E-state index contributed by atoms with van der Waals surface area (Å²) in [6, 6.07) is 6.29. The minimum Gasteiger partial charge on any atom is -0.355 e. The fourth-order valence-electron chi connectivity index (χ4n) is 1.54. The lowest BCUT2D eigenvalue weighted by molar-refractivity contribution is -0.120. The van der Waals surface area contributed by atoms with E-state index < -0.39 is 0 Å². The minimum absolute atomic E-state index is 0.0349. The minimum atomic E-state index is -0.250. The van der Waals surface area contributed by atoms with Crippen molar-refractivity contribution < 1.29 is 9.18 Å². The molecule has 20 heavy (non-hydrogen) atoms. The van der Waals surface area contributed by atoms with Crippen LogP contribution in [0.2, 0.25) is 0 Å². The van der Waals surface area contributed by atoms with Gasteiger partial charge >= 0.3 is 0 Å². The average molecular weight is 311 g/mol. The molecule has 1 unspecified atom stereocenters. The van der Waals surface area contributed by atoms with Crippen molar-refractivity contribution in [3.63, 3.8) is 0 Å². The SMILES string of the molecule is CC(Sc1nncs1)C(=O)NCCc1ccc(F)cc1. The van der Waals surface area contributed by atoms with Gasteiger partial charge in [0.1, 0.15) is 11.3 Å². The van der Waals surface area contributed by atoms with E-state index in [-0.39, 0.29) is 17.0 Å². The number of benzene rings is 1. The van der Waals surface area contributed by atoms with Crippen LogP contribution < -0.4 is 5.32 Å². The Bertz CT molecular complexity index is 545. The van der Waals surface area contributed by atoms with Crippen LogP contribution in [0.3, 0.4) is 0 Å². The van der Waals surface area contributed by atoms with Gasteiger partial charge < -0.3 is 5.32 Å². The smallest absolute Gasteiger partial charge is 0.233 e. The first kappa shape index (κ1) is 14.9. The predicted molar refractivity (Wildman–Crippen MR) is 78.3 cm³/mol. The van der Waals surface area contributed by atoms with Gasteiger partial charge in [-0.1, -0.05) is 35.2 Å². The lowest BCUT2D eigenvalue weighted by Gasteiger charge is -2.10. The summed E-state index contributed by atoms with van der Waals surface area (Å²) >= 11 is 2.81. The number of thioether (sulfide) groups is 1. The van der Waals surface area contributed by atoms with E-state index in [0.717, 1.165) is 9.90 Å². The Morgan fingerprint density at radius 1 is 1.45 bits per heavy atom. The monoisotopic (exact) mass is 311 g/mol. The number of carbonyl (C=O) groups is 1. The second kappa shape index (κ2) is 7.35. The summed E-state index contributed by atoms with van der Waals surface area (Å²) < 4.78 is 13.5. The molecule has 0 saturated carbocycles. The Morgan fingerprint density at radius 2 is 2.20 bits per heavy atom. The number of hydrogen-bond acceptors (Lipinski definition) is 5. The summed E-state index contributed by atoms with van der Waals surface area (Å²) in [6.45, 7) is 2.37. The molecule has 0 saturated heterocycles. The molecule has 0 aliphatic rings. The van der Waals surface area contributed by atoms with Crippen molar-refractivity contribution in [2.45, 2.75) is 22.9 Å². The van der Waals surface area contributed by atoms with Gasteiger partial charge in [-0.2, -0.15) is 0 Å². The van der Waals surface area contributed by atoms with E-state index in [1.165, 1.54) is 35.2 Å². The fourth-order valence-corrected chi connectivity index (χ4v) is 3.19. The first-order valence-electron chi connectivity index (χ1n) is 6.10. The maximum absolute atomic E-state index is 12.7. The van der Waals surface area contributed by atoms with Gasteiger partial charge in [-0.05, 0) is 31.0 Å². The quantitative estimate of drug-likeness (QED) is 0.833. The van der Waals surface area contributed by atoms with E-state index >= 15 is 0 Å². The van der Waals surface area contributed by atoms with Gasteiger partial charge in [0.15, 0.2) is 4.34 Å².